The van der Waals surface area contributed by atoms with Crippen molar-refractivity contribution >= 4 is 0 Å². The monoisotopic (exact) mass is 205 g/mol. The summed E-state index contributed by atoms with van der Waals surface area (Å²) >= 11 is 0. The molecule has 0 radical (unpaired) electrons. The Morgan fingerprint density at radius 2 is 2.27 bits per heavy atom. The number of aromatic nitrogens is 3. The fourth-order valence-corrected chi connectivity index (χ4v) is 1.53. The van der Waals surface area contributed by atoms with Crippen LogP contribution in [0.5, 0.6) is 0 Å². The minimum Gasteiger partial charge on any atom is -0.259 e. The van der Waals surface area contributed by atoms with Gasteiger partial charge in [-0.3, -0.25) is 5.10 Å². The van der Waals surface area contributed by atoms with Crippen molar-refractivity contribution in [3.05, 3.63) is 35.9 Å². The van der Waals surface area contributed by atoms with Gasteiger partial charge in [-0.05, 0) is 24.1 Å². The van der Waals surface area contributed by atoms with Gasteiger partial charge in [0.1, 0.15) is 12.1 Å². The van der Waals surface area contributed by atoms with Gasteiger partial charge in [-0.1, -0.05) is 19.4 Å². The van der Waals surface area contributed by atoms with Crippen LogP contribution < -0.4 is 0 Å². The predicted molar refractivity (Wildman–Crippen MR) is 55.8 cm³/mol. The Balaban J connectivity index is 2.35. The number of nitrogens with zero attached hydrogens (tertiary/aromatic N) is 2. The van der Waals surface area contributed by atoms with Gasteiger partial charge < -0.3 is 0 Å². The molecule has 0 aliphatic carbocycles. The highest BCUT2D eigenvalue weighted by molar-refractivity contribution is 5.55. The molecule has 1 N–H and O–H groups in total. The molecule has 0 saturated carbocycles. The lowest BCUT2D eigenvalue weighted by atomic mass is 10.1. The van der Waals surface area contributed by atoms with Crippen LogP contribution in [0.1, 0.15) is 18.9 Å². The van der Waals surface area contributed by atoms with E-state index in [0.29, 0.717) is 11.4 Å². The fraction of sp³-hybridized carbons (Fsp3) is 0.273. The zero-order valence-electron chi connectivity index (χ0n) is 8.50. The van der Waals surface area contributed by atoms with Crippen LogP contribution in [0.15, 0.2) is 24.5 Å². The fourth-order valence-electron chi connectivity index (χ4n) is 1.53. The first-order chi connectivity index (χ1) is 7.31. The van der Waals surface area contributed by atoms with Crippen molar-refractivity contribution in [3.63, 3.8) is 0 Å². The molecule has 1 aromatic carbocycles. The van der Waals surface area contributed by atoms with E-state index in [9.17, 15) is 4.39 Å². The molecule has 1 aromatic heterocycles. The zero-order valence-corrected chi connectivity index (χ0v) is 8.50. The lowest BCUT2D eigenvalue weighted by molar-refractivity contribution is 0.627. The summed E-state index contributed by atoms with van der Waals surface area (Å²) in [7, 11) is 0. The predicted octanol–water partition coefficient (Wildman–Crippen LogP) is 2.56. The Hall–Kier alpha value is -1.71. The molecule has 0 saturated heterocycles. The highest BCUT2D eigenvalue weighted by Gasteiger charge is 2.07. The van der Waals surface area contributed by atoms with Gasteiger partial charge in [0.2, 0.25) is 0 Å². The second-order valence-corrected chi connectivity index (χ2v) is 3.40. The Morgan fingerprint density at radius 3 is 2.87 bits per heavy atom. The Bertz CT molecular complexity index is 437. The quantitative estimate of drug-likeness (QED) is 0.836. The molecule has 15 heavy (non-hydrogen) atoms. The standard InChI is InChI=1S/C11H12FN3/c1-2-3-8-4-5-9(10(12)6-8)11-13-7-14-15-11/h4-7H,2-3H2,1H3,(H,13,14,15). The van der Waals surface area contributed by atoms with E-state index in [2.05, 4.69) is 22.1 Å². The molecular formula is C11H12FN3. The van der Waals surface area contributed by atoms with Crippen LogP contribution >= 0.6 is 0 Å². The van der Waals surface area contributed by atoms with Crippen LogP contribution in [0.2, 0.25) is 0 Å². The number of halogens is 1. The molecule has 2 aromatic rings. The summed E-state index contributed by atoms with van der Waals surface area (Å²) in [6.07, 6.45) is 3.28. The molecule has 0 fully saturated rings. The highest BCUT2D eigenvalue weighted by atomic mass is 19.1. The second kappa shape index (κ2) is 4.21. The molecule has 2 rings (SSSR count). The Kier molecular flexibility index (Phi) is 2.76. The average Bonchev–Trinajstić information content (AvgIpc) is 2.71. The minimum absolute atomic E-state index is 0.252. The summed E-state index contributed by atoms with van der Waals surface area (Å²) < 4.78 is 13.6. The lowest BCUT2D eigenvalue weighted by Crippen LogP contribution is -1.90. The van der Waals surface area contributed by atoms with Crippen LogP contribution in [-0.4, -0.2) is 15.2 Å². The third-order valence-electron chi connectivity index (χ3n) is 2.24. The normalized spacial score (nSPS) is 10.5. The number of hydrogen-bond acceptors (Lipinski definition) is 2. The summed E-state index contributed by atoms with van der Waals surface area (Å²) in [5.74, 6) is 0.216. The van der Waals surface area contributed by atoms with Crippen molar-refractivity contribution in [3.8, 4) is 11.4 Å². The maximum Gasteiger partial charge on any atom is 0.158 e. The van der Waals surface area contributed by atoms with Crippen molar-refractivity contribution in [2.24, 2.45) is 0 Å². The van der Waals surface area contributed by atoms with Crippen LogP contribution in [-0.2, 0) is 6.42 Å². The van der Waals surface area contributed by atoms with E-state index in [4.69, 9.17) is 0 Å². The smallest absolute Gasteiger partial charge is 0.158 e. The topological polar surface area (TPSA) is 41.6 Å². The minimum atomic E-state index is -0.252. The van der Waals surface area contributed by atoms with Crippen molar-refractivity contribution in [1.82, 2.24) is 15.2 Å². The SMILES string of the molecule is CCCc1ccc(-c2ncn[nH]2)c(F)c1. The number of benzene rings is 1. The van der Waals surface area contributed by atoms with Gasteiger partial charge in [0.15, 0.2) is 5.82 Å². The van der Waals surface area contributed by atoms with Crippen LogP contribution in [0, 0.1) is 5.82 Å². The molecule has 1 heterocycles. The molecule has 0 atom stereocenters. The number of aromatic amines is 1. The Morgan fingerprint density at radius 1 is 1.40 bits per heavy atom. The third kappa shape index (κ3) is 2.03. The first-order valence-electron chi connectivity index (χ1n) is 4.95. The van der Waals surface area contributed by atoms with Gasteiger partial charge in [-0.25, -0.2) is 9.37 Å². The molecule has 0 bridgehead atoms. The summed E-state index contributed by atoms with van der Waals surface area (Å²) in [5, 5.41) is 6.34. The molecule has 4 heteroatoms. The zero-order chi connectivity index (χ0) is 10.7. The first-order valence-corrected chi connectivity index (χ1v) is 4.95. The van der Waals surface area contributed by atoms with E-state index in [0.717, 1.165) is 18.4 Å². The summed E-state index contributed by atoms with van der Waals surface area (Å²) in [6.45, 7) is 2.07. The molecule has 3 nitrogen and oxygen atoms in total. The molecule has 0 aliphatic rings. The molecule has 0 unspecified atom stereocenters. The molecule has 0 spiro atoms. The maximum absolute atomic E-state index is 13.6. The molecule has 78 valence electrons. The molecular weight excluding hydrogens is 193 g/mol. The van der Waals surface area contributed by atoms with Crippen LogP contribution in [0.25, 0.3) is 11.4 Å². The van der Waals surface area contributed by atoms with Gasteiger partial charge in [-0.2, -0.15) is 5.10 Å². The van der Waals surface area contributed by atoms with Gasteiger partial charge in [0.05, 0.1) is 5.56 Å². The van der Waals surface area contributed by atoms with Gasteiger partial charge >= 0.3 is 0 Å². The average molecular weight is 205 g/mol. The number of H-pyrrole nitrogens is 1. The molecule has 0 aliphatic heterocycles. The van der Waals surface area contributed by atoms with E-state index in [1.165, 1.54) is 6.33 Å². The summed E-state index contributed by atoms with van der Waals surface area (Å²) in [5.41, 5.74) is 1.48. The van der Waals surface area contributed by atoms with Crippen molar-refractivity contribution < 1.29 is 4.39 Å². The Labute approximate surface area is 87.4 Å². The largest absolute Gasteiger partial charge is 0.259 e. The summed E-state index contributed by atoms with van der Waals surface area (Å²) in [6, 6.07) is 5.21. The van der Waals surface area contributed by atoms with E-state index < -0.39 is 0 Å². The van der Waals surface area contributed by atoms with E-state index in [1.54, 1.807) is 12.1 Å². The molecule has 0 amide bonds. The van der Waals surface area contributed by atoms with E-state index >= 15 is 0 Å². The summed E-state index contributed by atoms with van der Waals surface area (Å²) in [4.78, 5) is 3.92. The number of nitrogens with one attached hydrogen (secondary N) is 1. The van der Waals surface area contributed by atoms with Crippen molar-refractivity contribution in [2.75, 3.05) is 0 Å². The number of aryl methyl sites for hydroxylation is 1. The third-order valence-corrected chi connectivity index (χ3v) is 2.24. The van der Waals surface area contributed by atoms with Gasteiger partial charge in [0.25, 0.3) is 0 Å². The lowest BCUT2D eigenvalue weighted by Gasteiger charge is -2.02. The second-order valence-electron chi connectivity index (χ2n) is 3.40. The van der Waals surface area contributed by atoms with Crippen molar-refractivity contribution in [2.45, 2.75) is 19.8 Å². The van der Waals surface area contributed by atoms with E-state index in [1.807, 2.05) is 6.07 Å². The van der Waals surface area contributed by atoms with Crippen molar-refractivity contribution in [1.29, 1.82) is 0 Å². The first kappa shape index (κ1) is 9.83. The van der Waals surface area contributed by atoms with Gasteiger partial charge in [0, 0.05) is 0 Å². The van der Waals surface area contributed by atoms with Crippen LogP contribution in [0.3, 0.4) is 0 Å². The van der Waals surface area contributed by atoms with Gasteiger partial charge in [-0.15, -0.1) is 0 Å². The van der Waals surface area contributed by atoms with E-state index in [-0.39, 0.29) is 5.82 Å². The number of hydrogen-bond donors (Lipinski definition) is 1. The maximum atomic E-state index is 13.6. The highest BCUT2D eigenvalue weighted by Crippen LogP contribution is 2.20. The van der Waals surface area contributed by atoms with Crippen LogP contribution in [0.4, 0.5) is 4.39 Å². The number of rotatable bonds is 3.